The molecule has 2 N–H and O–H groups in total. The molecule has 0 unspecified atom stereocenters. The molecule has 2 aliphatic rings. The molecule has 39 heavy (non-hydrogen) atoms. The maximum Gasteiger partial charge on any atom is 0.416 e. The number of nitrogens with zero attached hydrogens (tertiary/aromatic N) is 2. The van der Waals surface area contributed by atoms with Crippen molar-refractivity contribution in [2.24, 2.45) is 0 Å². The normalized spacial score (nSPS) is 18.3. The number of thioether (sulfide) groups is 1. The zero-order valence-corrected chi connectivity index (χ0v) is 22.8. The molecule has 0 spiro atoms. The third-order valence-electron chi connectivity index (χ3n) is 6.73. The van der Waals surface area contributed by atoms with Gasteiger partial charge in [0.15, 0.2) is 0 Å². The highest BCUT2D eigenvalue weighted by Gasteiger charge is 2.40. The Bertz CT molecular complexity index is 1280. The third kappa shape index (κ3) is 7.02. The average molecular weight is 581 g/mol. The Morgan fingerprint density at radius 1 is 1.18 bits per heavy atom. The van der Waals surface area contributed by atoms with Crippen molar-refractivity contribution in [3.05, 3.63) is 68.6 Å². The molecule has 0 atom stereocenters. The third-order valence-corrected chi connectivity index (χ3v) is 7.85. The highest BCUT2D eigenvalue weighted by atomic mass is 35.5. The van der Waals surface area contributed by atoms with Crippen LogP contribution in [0.5, 0.6) is 0 Å². The lowest BCUT2D eigenvalue weighted by Gasteiger charge is -2.35. The maximum atomic E-state index is 13.4. The predicted molar refractivity (Wildman–Crippen MR) is 147 cm³/mol. The molecule has 0 aliphatic carbocycles. The van der Waals surface area contributed by atoms with Crippen LogP contribution in [0, 0.1) is 5.41 Å². The summed E-state index contributed by atoms with van der Waals surface area (Å²) in [4.78, 5) is 29.7. The quantitative estimate of drug-likeness (QED) is 0.275. The highest BCUT2D eigenvalue weighted by molar-refractivity contribution is 8.18. The molecule has 2 aliphatic heterocycles. The monoisotopic (exact) mass is 580 g/mol. The van der Waals surface area contributed by atoms with Crippen LogP contribution in [0.25, 0.3) is 6.08 Å². The standard InChI is InChI=1S/C27H28ClF3N4O3S/c1-38-11-10-34-8-6-21(7-9-34)35-25(36)24(39-26(35)37)13-17-2-5-23(19(12-17)15-32)33-16-18-3-4-20(28)14-22(18)27(29,30)31/h2-5,12-15,21,32-33H,6-11,16H2,1H3. The van der Waals surface area contributed by atoms with E-state index in [2.05, 4.69) is 10.2 Å². The van der Waals surface area contributed by atoms with E-state index in [0.29, 0.717) is 41.2 Å². The molecule has 7 nitrogen and oxygen atoms in total. The fourth-order valence-electron chi connectivity index (χ4n) is 4.68. The Balaban J connectivity index is 1.45. The van der Waals surface area contributed by atoms with Gasteiger partial charge in [0.2, 0.25) is 0 Å². The van der Waals surface area contributed by atoms with Gasteiger partial charge in [-0.05, 0) is 66.1 Å². The molecule has 0 saturated carbocycles. The van der Waals surface area contributed by atoms with Crippen LogP contribution < -0.4 is 5.32 Å². The molecule has 0 radical (unpaired) electrons. The topological polar surface area (TPSA) is 85.7 Å². The molecule has 0 aromatic heterocycles. The van der Waals surface area contributed by atoms with Gasteiger partial charge in [0, 0.05) is 61.8 Å². The number of carbonyl (C=O) groups excluding carboxylic acids is 2. The van der Waals surface area contributed by atoms with Gasteiger partial charge in [-0.1, -0.05) is 23.7 Å². The summed E-state index contributed by atoms with van der Waals surface area (Å²) in [7, 11) is 1.66. The van der Waals surface area contributed by atoms with E-state index in [1.54, 1.807) is 31.4 Å². The summed E-state index contributed by atoms with van der Waals surface area (Å²) in [6.07, 6.45) is -0.458. The Morgan fingerprint density at radius 3 is 2.59 bits per heavy atom. The van der Waals surface area contributed by atoms with E-state index in [0.717, 1.165) is 43.7 Å². The first-order valence-electron chi connectivity index (χ1n) is 12.3. The zero-order valence-electron chi connectivity index (χ0n) is 21.2. The molecular formula is C27H28ClF3N4O3S. The van der Waals surface area contributed by atoms with Crippen LogP contribution in [-0.2, 0) is 22.3 Å². The van der Waals surface area contributed by atoms with E-state index in [1.807, 2.05) is 0 Å². The number of likely N-dealkylation sites (tertiary alicyclic amines) is 1. The molecule has 12 heteroatoms. The summed E-state index contributed by atoms with van der Waals surface area (Å²) in [6, 6.07) is 8.41. The number of piperidine rings is 1. The molecule has 2 saturated heterocycles. The lowest BCUT2D eigenvalue weighted by Crippen LogP contribution is -2.47. The number of hydrogen-bond acceptors (Lipinski definition) is 7. The Kier molecular flexibility index (Phi) is 9.37. The number of imide groups is 1. The van der Waals surface area contributed by atoms with Crippen LogP contribution >= 0.6 is 23.4 Å². The summed E-state index contributed by atoms with van der Waals surface area (Å²) >= 11 is 6.65. The summed E-state index contributed by atoms with van der Waals surface area (Å²) in [5.41, 5.74) is 0.672. The number of alkyl halides is 3. The van der Waals surface area contributed by atoms with Crippen molar-refractivity contribution in [1.29, 1.82) is 5.41 Å². The van der Waals surface area contributed by atoms with E-state index in [4.69, 9.17) is 21.7 Å². The minimum Gasteiger partial charge on any atom is -0.383 e. The largest absolute Gasteiger partial charge is 0.416 e. The highest BCUT2D eigenvalue weighted by Crippen LogP contribution is 2.37. The van der Waals surface area contributed by atoms with Crippen LogP contribution in [0.3, 0.4) is 0 Å². The fourth-order valence-corrected chi connectivity index (χ4v) is 5.75. The fraction of sp³-hybridized carbons (Fsp3) is 0.370. The smallest absolute Gasteiger partial charge is 0.383 e. The van der Waals surface area contributed by atoms with Crippen molar-refractivity contribution in [2.75, 3.05) is 38.7 Å². The first kappa shape index (κ1) is 29.1. The summed E-state index contributed by atoms with van der Waals surface area (Å²) in [6.45, 7) is 2.89. The van der Waals surface area contributed by atoms with Crippen molar-refractivity contribution < 1.29 is 27.5 Å². The van der Waals surface area contributed by atoms with E-state index in [9.17, 15) is 22.8 Å². The average Bonchev–Trinajstić information content (AvgIpc) is 3.19. The first-order chi connectivity index (χ1) is 18.6. The van der Waals surface area contributed by atoms with Gasteiger partial charge in [-0.3, -0.25) is 14.5 Å². The summed E-state index contributed by atoms with van der Waals surface area (Å²) in [5, 5.41) is 10.4. The molecule has 2 heterocycles. The number of benzene rings is 2. The van der Waals surface area contributed by atoms with E-state index < -0.39 is 11.7 Å². The molecule has 208 valence electrons. The minimum absolute atomic E-state index is 0.00689. The number of methoxy groups -OCH3 is 1. The van der Waals surface area contributed by atoms with E-state index >= 15 is 0 Å². The van der Waals surface area contributed by atoms with E-state index in [1.165, 1.54) is 17.0 Å². The number of rotatable bonds is 9. The van der Waals surface area contributed by atoms with Crippen LogP contribution in [0.15, 0.2) is 41.3 Å². The Labute approximate surface area is 233 Å². The van der Waals surface area contributed by atoms with Gasteiger partial charge in [0.25, 0.3) is 11.1 Å². The van der Waals surface area contributed by atoms with Crippen LogP contribution in [0.1, 0.15) is 35.1 Å². The van der Waals surface area contributed by atoms with Crippen LogP contribution in [0.4, 0.5) is 23.7 Å². The molecule has 2 amide bonds. The number of nitrogens with one attached hydrogen (secondary N) is 2. The maximum absolute atomic E-state index is 13.4. The molecule has 2 aromatic carbocycles. The van der Waals surface area contributed by atoms with Gasteiger partial charge in [0.1, 0.15) is 0 Å². The summed E-state index contributed by atoms with van der Waals surface area (Å²) in [5.74, 6) is -0.332. The van der Waals surface area contributed by atoms with Gasteiger partial charge in [-0.2, -0.15) is 13.2 Å². The Hall–Kier alpha value is -2.86. The second-order valence-corrected chi connectivity index (χ2v) is 10.7. The number of carbonyl (C=O) groups is 2. The van der Waals surface area contributed by atoms with Gasteiger partial charge in [-0.25, -0.2) is 0 Å². The first-order valence-corrected chi connectivity index (χ1v) is 13.5. The zero-order chi connectivity index (χ0) is 28.2. The SMILES string of the molecule is COCCN1CCC(N2C(=O)SC(=Cc3ccc(NCc4ccc(Cl)cc4C(F)(F)F)c(C=N)c3)C2=O)CC1. The number of ether oxygens (including phenoxy) is 1. The van der Waals surface area contributed by atoms with E-state index in [-0.39, 0.29) is 34.3 Å². The molecule has 2 aromatic rings. The van der Waals surface area contributed by atoms with Crippen molar-refractivity contribution in [3.63, 3.8) is 0 Å². The molecular weight excluding hydrogens is 553 g/mol. The van der Waals surface area contributed by atoms with Crippen molar-refractivity contribution in [3.8, 4) is 0 Å². The Morgan fingerprint density at radius 2 is 1.92 bits per heavy atom. The summed E-state index contributed by atoms with van der Waals surface area (Å²) < 4.78 is 45.4. The number of halogens is 4. The molecule has 2 fully saturated rings. The number of anilines is 1. The van der Waals surface area contributed by atoms with Gasteiger partial charge >= 0.3 is 6.18 Å². The molecule has 0 bridgehead atoms. The van der Waals surface area contributed by atoms with Crippen molar-refractivity contribution >= 4 is 52.5 Å². The van der Waals surface area contributed by atoms with Crippen molar-refractivity contribution in [1.82, 2.24) is 9.80 Å². The predicted octanol–water partition coefficient (Wildman–Crippen LogP) is 6.12. The lowest BCUT2D eigenvalue weighted by atomic mass is 10.0. The second kappa shape index (κ2) is 12.5. The minimum atomic E-state index is -4.56. The molecule has 4 rings (SSSR count). The number of amides is 2. The number of hydrogen-bond donors (Lipinski definition) is 2. The van der Waals surface area contributed by atoms with Crippen LogP contribution in [-0.4, -0.2) is 66.6 Å². The van der Waals surface area contributed by atoms with Gasteiger partial charge < -0.3 is 20.4 Å². The van der Waals surface area contributed by atoms with Gasteiger partial charge in [-0.15, -0.1) is 0 Å². The van der Waals surface area contributed by atoms with Gasteiger partial charge in [0.05, 0.1) is 17.1 Å². The second-order valence-electron chi connectivity index (χ2n) is 9.26. The van der Waals surface area contributed by atoms with Crippen molar-refractivity contribution in [2.45, 2.75) is 31.6 Å². The lowest BCUT2D eigenvalue weighted by molar-refractivity contribution is -0.138. The van der Waals surface area contributed by atoms with Crippen LogP contribution in [0.2, 0.25) is 5.02 Å².